The summed E-state index contributed by atoms with van der Waals surface area (Å²) in [5.74, 6) is 0.525. The van der Waals surface area contributed by atoms with E-state index in [1.165, 1.54) is 17.0 Å². The van der Waals surface area contributed by atoms with Crippen LogP contribution in [-0.4, -0.2) is 67.0 Å². The minimum atomic E-state index is -4.78. The van der Waals surface area contributed by atoms with Crippen molar-refractivity contribution < 1.29 is 37.0 Å². The molecule has 2 heterocycles. The smallest absolute Gasteiger partial charge is 0.485 e. The number of amides is 3. The van der Waals surface area contributed by atoms with Gasteiger partial charge < -0.3 is 29.3 Å². The molecule has 32 heavy (non-hydrogen) atoms. The molecule has 1 fully saturated rings. The van der Waals surface area contributed by atoms with E-state index in [0.29, 0.717) is 43.4 Å². The summed E-state index contributed by atoms with van der Waals surface area (Å²) in [5, 5.41) is 2.62. The third-order valence-electron chi connectivity index (χ3n) is 5.00. The Hall–Kier alpha value is -3.63. The Kier molecular flexibility index (Phi) is 5.97. The van der Waals surface area contributed by atoms with Gasteiger partial charge in [0.25, 0.3) is 5.91 Å². The van der Waals surface area contributed by atoms with E-state index < -0.39 is 18.5 Å². The van der Waals surface area contributed by atoms with Crippen molar-refractivity contribution in [2.75, 3.05) is 38.1 Å². The van der Waals surface area contributed by atoms with E-state index in [1.807, 2.05) is 6.07 Å². The number of ether oxygens (including phenoxy) is 3. The Morgan fingerprint density at radius 3 is 2.22 bits per heavy atom. The van der Waals surface area contributed by atoms with Gasteiger partial charge in [0.2, 0.25) is 6.10 Å². The van der Waals surface area contributed by atoms with Crippen molar-refractivity contribution >= 4 is 17.6 Å². The van der Waals surface area contributed by atoms with Crippen LogP contribution in [0.1, 0.15) is 0 Å². The maximum Gasteiger partial charge on any atom is 0.573 e. The first-order chi connectivity index (χ1) is 15.3. The average Bonchev–Trinajstić information content (AvgIpc) is 2.78. The van der Waals surface area contributed by atoms with Crippen LogP contribution in [0.15, 0.2) is 48.5 Å². The molecule has 2 aromatic carbocycles. The lowest BCUT2D eigenvalue weighted by Gasteiger charge is -2.37. The summed E-state index contributed by atoms with van der Waals surface area (Å²) in [6.07, 6.45) is -5.53. The molecule has 0 bridgehead atoms. The van der Waals surface area contributed by atoms with Gasteiger partial charge in [0.15, 0.2) is 11.5 Å². The summed E-state index contributed by atoms with van der Waals surface area (Å²) in [6.45, 7) is 1.37. The quantitative estimate of drug-likeness (QED) is 0.776. The van der Waals surface area contributed by atoms with Crippen molar-refractivity contribution in [3.8, 4) is 17.2 Å². The van der Waals surface area contributed by atoms with Crippen LogP contribution in [0.3, 0.4) is 0 Å². The van der Waals surface area contributed by atoms with Gasteiger partial charge in [-0.25, -0.2) is 4.79 Å². The highest BCUT2D eigenvalue weighted by molar-refractivity contribution is 5.89. The lowest BCUT2D eigenvalue weighted by Crippen LogP contribution is -2.55. The van der Waals surface area contributed by atoms with E-state index in [0.717, 1.165) is 12.1 Å². The molecule has 4 rings (SSSR count). The van der Waals surface area contributed by atoms with Crippen molar-refractivity contribution in [3.05, 3.63) is 48.5 Å². The lowest BCUT2D eigenvalue weighted by molar-refractivity contribution is -0.274. The number of anilines is 1. The van der Waals surface area contributed by atoms with Crippen LogP contribution in [0, 0.1) is 0 Å². The number of piperazine rings is 1. The van der Waals surface area contributed by atoms with Crippen molar-refractivity contribution in [1.29, 1.82) is 0 Å². The minimum absolute atomic E-state index is 0.116. The molecule has 2 aromatic rings. The van der Waals surface area contributed by atoms with E-state index in [1.54, 1.807) is 23.1 Å². The zero-order chi connectivity index (χ0) is 22.7. The molecule has 1 atom stereocenters. The molecule has 170 valence electrons. The molecular weight excluding hydrogens is 431 g/mol. The second-order valence-electron chi connectivity index (χ2n) is 7.18. The number of nitrogens with zero attached hydrogens (tertiary/aromatic N) is 2. The van der Waals surface area contributed by atoms with Crippen molar-refractivity contribution in [2.45, 2.75) is 12.5 Å². The van der Waals surface area contributed by atoms with Gasteiger partial charge in [-0.05, 0) is 36.4 Å². The molecule has 0 saturated carbocycles. The van der Waals surface area contributed by atoms with Gasteiger partial charge in [-0.15, -0.1) is 13.2 Å². The number of hydrogen-bond acceptors (Lipinski definition) is 5. The van der Waals surface area contributed by atoms with Gasteiger partial charge in [0, 0.05) is 31.9 Å². The van der Waals surface area contributed by atoms with Gasteiger partial charge in [0.1, 0.15) is 12.4 Å². The number of rotatable bonds is 3. The third-order valence-corrected chi connectivity index (χ3v) is 5.00. The standard InChI is InChI=1S/C21H20F3N3O5/c22-21(23,24)32-15-7-5-14(6-8-15)25-20(29)27-11-9-26(10-12-27)19(28)18-13-30-16-3-1-2-4-17(16)31-18/h1-8,18H,9-13H2,(H,25,29). The fourth-order valence-corrected chi connectivity index (χ4v) is 3.42. The van der Waals surface area contributed by atoms with Gasteiger partial charge in [-0.1, -0.05) is 12.1 Å². The number of halogens is 3. The molecule has 2 aliphatic rings. The van der Waals surface area contributed by atoms with Crippen LogP contribution in [0.25, 0.3) is 0 Å². The fraction of sp³-hybridized carbons (Fsp3) is 0.333. The molecule has 8 nitrogen and oxygen atoms in total. The summed E-state index contributed by atoms with van der Waals surface area (Å²) in [6, 6.07) is 11.6. The lowest BCUT2D eigenvalue weighted by atomic mass is 10.2. The van der Waals surface area contributed by atoms with E-state index >= 15 is 0 Å². The number of carbonyl (C=O) groups excluding carboxylic acids is 2. The first-order valence-electron chi connectivity index (χ1n) is 9.87. The second-order valence-corrected chi connectivity index (χ2v) is 7.18. The molecule has 0 spiro atoms. The summed E-state index contributed by atoms with van der Waals surface area (Å²) >= 11 is 0. The summed E-state index contributed by atoms with van der Waals surface area (Å²) in [4.78, 5) is 28.4. The number of para-hydroxylation sites is 2. The molecule has 0 aliphatic carbocycles. The van der Waals surface area contributed by atoms with E-state index in [4.69, 9.17) is 9.47 Å². The van der Waals surface area contributed by atoms with Crippen molar-refractivity contribution in [3.63, 3.8) is 0 Å². The Balaban J connectivity index is 1.26. The summed E-state index contributed by atoms with van der Waals surface area (Å²) in [5.41, 5.74) is 0.328. The molecule has 0 radical (unpaired) electrons. The van der Waals surface area contributed by atoms with Crippen LogP contribution in [0.5, 0.6) is 17.2 Å². The van der Waals surface area contributed by atoms with E-state index in [2.05, 4.69) is 10.1 Å². The first kappa shape index (κ1) is 21.6. The Labute approximate surface area is 181 Å². The minimum Gasteiger partial charge on any atom is -0.485 e. The Bertz CT molecular complexity index is 975. The van der Waals surface area contributed by atoms with Crippen LogP contribution >= 0.6 is 0 Å². The summed E-state index contributed by atoms with van der Waals surface area (Å²) < 4.78 is 51.8. The zero-order valence-corrected chi connectivity index (χ0v) is 16.8. The van der Waals surface area contributed by atoms with Crippen LogP contribution in [0.4, 0.5) is 23.7 Å². The monoisotopic (exact) mass is 451 g/mol. The van der Waals surface area contributed by atoms with E-state index in [-0.39, 0.29) is 18.3 Å². The fourth-order valence-electron chi connectivity index (χ4n) is 3.42. The van der Waals surface area contributed by atoms with Gasteiger partial charge in [-0.3, -0.25) is 4.79 Å². The molecule has 0 aromatic heterocycles. The number of carbonyl (C=O) groups is 2. The van der Waals surface area contributed by atoms with Crippen LogP contribution in [-0.2, 0) is 4.79 Å². The molecule has 3 amide bonds. The van der Waals surface area contributed by atoms with Gasteiger partial charge in [0.05, 0.1) is 0 Å². The first-order valence-corrected chi connectivity index (χ1v) is 9.87. The highest BCUT2D eigenvalue weighted by Gasteiger charge is 2.33. The number of benzene rings is 2. The third kappa shape index (κ3) is 5.16. The SMILES string of the molecule is O=C(Nc1ccc(OC(F)(F)F)cc1)N1CCN(C(=O)C2COc3ccccc3O2)CC1. The Morgan fingerprint density at radius 1 is 0.938 bits per heavy atom. The topological polar surface area (TPSA) is 80.3 Å². The number of fused-ring (bicyclic) bond motifs is 1. The van der Waals surface area contributed by atoms with Crippen LogP contribution in [0.2, 0.25) is 0 Å². The predicted octanol–water partition coefficient (Wildman–Crippen LogP) is 3.10. The maximum absolute atomic E-state index is 12.8. The Morgan fingerprint density at radius 2 is 1.56 bits per heavy atom. The van der Waals surface area contributed by atoms with Crippen molar-refractivity contribution in [1.82, 2.24) is 9.80 Å². The maximum atomic E-state index is 12.8. The zero-order valence-electron chi connectivity index (χ0n) is 16.8. The van der Waals surface area contributed by atoms with Gasteiger partial charge in [-0.2, -0.15) is 0 Å². The summed E-state index contributed by atoms with van der Waals surface area (Å²) in [7, 11) is 0. The molecule has 2 aliphatic heterocycles. The highest BCUT2D eigenvalue weighted by Crippen LogP contribution is 2.31. The number of alkyl halides is 3. The number of hydrogen-bond donors (Lipinski definition) is 1. The predicted molar refractivity (Wildman–Crippen MR) is 107 cm³/mol. The normalized spacial score (nSPS) is 18.2. The van der Waals surface area contributed by atoms with Crippen LogP contribution < -0.4 is 19.5 Å². The molecule has 1 N–H and O–H groups in total. The van der Waals surface area contributed by atoms with Gasteiger partial charge >= 0.3 is 12.4 Å². The highest BCUT2D eigenvalue weighted by atomic mass is 19.4. The molecule has 1 saturated heterocycles. The molecular formula is C21H20F3N3O5. The van der Waals surface area contributed by atoms with E-state index in [9.17, 15) is 22.8 Å². The second kappa shape index (κ2) is 8.85. The molecule has 1 unspecified atom stereocenters. The molecule has 11 heteroatoms. The van der Waals surface area contributed by atoms with Crippen molar-refractivity contribution in [2.24, 2.45) is 0 Å². The largest absolute Gasteiger partial charge is 0.573 e. The average molecular weight is 451 g/mol. The number of urea groups is 1. The number of nitrogens with one attached hydrogen (secondary N) is 1.